The van der Waals surface area contributed by atoms with E-state index in [2.05, 4.69) is 13.8 Å². The molecular weight excluding hydrogens is 218 g/mol. The third-order valence-electron chi connectivity index (χ3n) is 2.81. The van der Waals surface area contributed by atoms with Crippen molar-refractivity contribution in [3.05, 3.63) is 23.3 Å². The van der Waals surface area contributed by atoms with Gasteiger partial charge in [0.25, 0.3) is 0 Å². The lowest BCUT2D eigenvalue weighted by Gasteiger charge is -2.22. The molecule has 1 aromatic carbocycles. The van der Waals surface area contributed by atoms with E-state index in [1.807, 2.05) is 12.1 Å². The summed E-state index contributed by atoms with van der Waals surface area (Å²) in [6, 6.07) is 3.37. The highest BCUT2D eigenvalue weighted by Gasteiger charge is 2.21. The second-order valence-electron chi connectivity index (χ2n) is 4.25. The molecule has 1 rings (SSSR count). The fourth-order valence-corrected chi connectivity index (χ4v) is 1.94. The molecule has 1 unspecified atom stereocenters. The maximum absolute atomic E-state index is 9.26. The average Bonchev–Trinajstić information content (AvgIpc) is 2.35. The van der Waals surface area contributed by atoms with E-state index in [0.717, 1.165) is 11.1 Å². The zero-order chi connectivity index (χ0) is 13.0. The number of ether oxygens (including phenoxy) is 2. The van der Waals surface area contributed by atoms with Crippen LogP contribution in [0.2, 0.25) is 0 Å². The molecule has 0 saturated heterocycles. The van der Waals surface area contributed by atoms with Crippen molar-refractivity contribution in [2.24, 2.45) is 5.73 Å². The van der Waals surface area contributed by atoms with Crippen LogP contribution in [0.15, 0.2) is 12.1 Å². The van der Waals surface area contributed by atoms with Crippen molar-refractivity contribution in [2.75, 3.05) is 20.8 Å². The summed E-state index contributed by atoms with van der Waals surface area (Å²) >= 11 is 0. The van der Waals surface area contributed by atoms with E-state index in [-0.39, 0.29) is 6.61 Å². The number of hydrogen-bond acceptors (Lipinski definition) is 4. The van der Waals surface area contributed by atoms with Crippen LogP contribution >= 0.6 is 0 Å². The third-order valence-corrected chi connectivity index (χ3v) is 2.81. The molecule has 0 heterocycles. The van der Waals surface area contributed by atoms with Crippen molar-refractivity contribution in [3.63, 3.8) is 0 Å². The molecule has 0 aromatic heterocycles. The Morgan fingerprint density at radius 2 is 1.88 bits per heavy atom. The lowest BCUT2D eigenvalue weighted by atomic mass is 9.92. The summed E-state index contributed by atoms with van der Waals surface area (Å²) < 4.78 is 10.6. The van der Waals surface area contributed by atoms with E-state index in [1.165, 1.54) is 0 Å². The monoisotopic (exact) mass is 239 g/mol. The first-order valence-electron chi connectivity index (χ1n) is 5.68. The van der Waals surface area contributed by atoms with E-state index < -0.39 is 6.04 Å². The molecule has 96 valence electrons. The second kappa shape index (κ2) is 5.89. The standard InChI is InChI=1S/C13H21NO3/c1-8(2)9-5-6-11(16-3)13(17-4)12(9)10(14)7-15/h5-6,8,10,15H,7,14H2,1-4H3. The molecule has 0 amide bonds. The molecule has 17 heavy (non-hydrogen) atoms. The molecule has 0 radical (unpaired) electrons. The molecular formula is C13H21NO3. The van der Waals surface area contributed by atoms with Gasteiger partial charge in [0.2, 0.25) is 0 Å². The molecule has 3 N–H and O–H groups in total. The number of methoxy groups -OCH3 is 2. The van der Waals surface area contributed by atoms with Crippen molar-refractivity contribution in [1.82, 2.24) is 0 Å². The topological polar surface area (TPSA) is 64.7 Å². The Kier molecular flexibility index (Phi) is 4.78. The predicted molar refractivity (Wildman–Crippen MR) is 67.6 cm³/mol. The van der Waals surface area contributed by atoms with E-state index >= 15 is 0 Å². The van der Waals surface area contributed by atoms with Gasteiger partial charge in [0.15, 0.2) is 11.5 Å². The van der Waals surface area contributed by atoms with Crippen LogP contribution in [0.4, 0.5) is 0 Å². The van der Waals surface area contributed by atoms with Crippen LogP contribution in [0.3, 0.4) is 0 Å². The van der Waals surface area contributed by atoms with Gasteiger partial charge in [-0.05, 0) is 17.5 Å². The van der Waals surface area contributed by atoms with E-state index in [9.17, 15) is 5.11 Å². The first-order valence-corrected chi connectivity index (χ1v) is 5.68. The zero-order valence-electron chi connectivity index (χ0n) is 10.9. The van der Waals surface area contributed by atoms with Crippen molar-refractivity contribution >= 4 is 0 Å². The van der Waals surface area contributed by atoms with Gasteiger partial charge in [-0.1, -0.05) is 19.9 Å². The van der Waals surface area contributed by atoms with Crippen LogP contribution in [0.5, 0.6) is 11.5 Å². The van der Waals surface area contributed by atoms with Crippen LogP contribution in [0, 0.1) is 0 Å². The highest BCUT2D eigenvalue weighted by atomic mass is 16.5. The van der Waals surface area contributed by atoms with E-state index in [1.54, 1.807) is 14.2 Å². The first-order chi connectivity index (χ1) is 8.06. The Morgan fingerprint density at radius 3 is 2.29 bits per heavy atom. The first kappa shape index (κ1) is 13.8. The molecule has 4 nitrogen and oxygen atoms in total. The minimum atomic E-state index is -0.461. The zero-order valence-corrected chi connectivity index (χ0v) is 10.9. The summed E-state index contributed by atoms with van der Waals surface area (Å²) in [5.41, 5.74) is 7.84. The fraction of sp³-hybridized carbons (Fsp3) is 0.538. The molecule has 0 spiro atoms. The number of hydrogen-bond donors (Lipinski definition) is 2. The molecule has 1 aromatic rings. The van der Waals surface area contributed by atoms with Crippen molar-refractivity contribution in [2.45, 2.75) is 25.8 Å². The normalized spacial score (nSPS) is 12.6. The summed E-state index contributed by atoms with van der Waals surface area (Å²) in [6.45, 7) is 4.03. The number of rotatable bonds is 5. The van der Waals surface area contributed by atoms with Gasteiger partial charge in [0, 0.05) is 5.56 Å². The lowest BCUT2D eigenvalue weighted by Crippen LogP contribution is -2.18. The Balaban J connectivity index is 3.44. The Labute approximate surface area is 102 Å². The number of aliphatic hydroxyl groups is 1. The van der Waals surface area contributed by atoms with Crippen molar-refractivity contribution < 1.29 is 14.6 Å². The Hall–Kier alpha value is -1.26. The molecule has 0 aliphatic rings. The van der Waals surface area contributed by atoms with Gasteiger partial charge in [-0.3, -0.25) is 0 Å². The Morgan fingerprint density at radius 1 is 1.24 bits per heavy atom. The third kappa shape index (κ3) is 2.70. The fourth-order valence-electron chi connectivity index (χ4n) is 1.94. The predicted octanol–water partition coefficient (Wildman–Crippen LogP) is 1.82. The Bertz CT molecular complexity index is 377. The molecule has 0 fully saturated rings. The van der Waals surface area contributed by atoms with E-state index in [4.69, 9.17) is 15.2 Å². The molecule has 0 aliphatic carbocycles. The van der Waals surface area contributed by atoms with Gasteiger partial charge >= 0.3 is 0 Å². The van der Waals surface area contributed by atoms with Crippen molar-refractivity contribution in [3.8, 4) is 11.5 Å². The average molecular weight is 239 g/mol. The molecule has 0 aliphatic heterocycles. The van der Waals surface area contributed by atoms with Crippen molar-refractivity contribution in [1.29, 1.82) is 0 Å². The molecule has 4 heteroatoms. The SMILES string of the molecule is COc1ccc(C(C)C)c(C(N)CO)c1OC. The molecule has 0 saturated carbocycles. The lowest BCUT2D eigenvalue weighted by molar-refractivity contribution is 0.262. The summed E-state index contributed by atoms with van der Waals surface area (Å²) in [5.74, 6) is 1.55. The summed E-state index contributed by atoms with van der Waals surface area (Å²) in [4.78, 5) is 0. The van der Waals surface area contributed by atoms with Gasteiger partial charge in [-0.2, -0.15) is 0 Å². The van der Waals surface area contributed by atoms with Gasteiger partial charge < -0.3 is 20.3 Å². The van der Waals surface area contributed by atoms with Crippen LogP contribution in [0.1, 0.15) is 36.9 Å². The van der Waals surface area contributed by atoms with Gasteiger partial charge in [0.05, 0.1) is 26.9 Å². The highest BCUT2D eigenvalue weighted by Crippen LogP contribution is 2.39. The number of aliphatic hydroxyl groups excluding tert-OH is 1. The molecule has 1 atom stereocenters. The quantitative estimate of drug-likeness (QED) is 0.822. The minimum Gasteiger partial charge on any atom is -0.493 e. The summed E-state index contributed by atoms with van der Waals surface area (Å²) in [7, 11) is 3.16. The summed E-state index contributed by atoms with van der Waals surface area (Å²) in [5, 5.41) is 9.26. The smallest absolute Gasteiger partial charge is 0.165 e. The van der Waals surface area contributed by atoms with Crippen LogP contribution in [-0.2, 0) is 0 Å². The van der Waals surface area contributed by atoms with Gasteiger partial charge in [-0.25, -0.2) is 0 Å². The van der Waals surface area contributed by atoms with E-state index in [0.29, 0.717) is 17.4 Å². The van der Waals surface area contributed by atoms with Crippen LogP contribution < -0.4 is 15.2 Å². The molecule has 0 bridgehead atoms. The largest absolute Gasteiger partial charge is 0.493 e. The second-order valence-corrected chi connectivity index (χ2v) is 4.25. The van der Waals surface area contributed by atoms with Crippen LogP contribution in [0.25, 0.3) is 0 Å². The van der Waals surface area contributed by atoms with Gasteiger partial charge in [0.1, 0.15) is 0 Å². The minimum absolute atomic E-state index is 0.122. The maximum atomic E-state index is 9.26. The number of nitrogens with two attached hydrogens (primary N) is 1. The number of benzene rings is 1. The highest BCUT2D eigenvalue weighted by molar-refractivity contribution is 5.53. The van der Waals surface area contributed by atoms with Gasteiger partial charge in [-0.15, -0.1) is 0 Å². The van der Waals surface area contributed by atoms with Crippen LogP contribution in [-0.4, -0.2) is 25.9 Å². The maximum Gasteiger partial charge on any atom is 0.165 e. The summed E-state index contributed by atoms with van der Waals surface area (Å²) in [6.07, 6.45) is 0.